The number of rotatable bonds is 4. The van der Waals surface area contributed by atoms with Crippen LogP contribution in [0.4, 0.5) is 0 Å². The maximum Gasteiger partial charge on any atom is 0.220 e. The number of primary amides is 1. The van der Waals surface area contributed by atoms with Gasteiger partial charge in [0.05, 0.1) is 5.69 Å². The molecule has 0 radical (unpaired) electrons. The van der Waals surface area contributed by atoms with Gasteiger partial charge in [0.1, 0.15) is 0 Å². The van der Waals surface area contributed by atoms with Crippen molar-refractivity contribution in [3.63, 3.8) is 0 Å². The van der Waals surface area contributed by atoms with Gasteiger partial charge in [-0.2, -0.15) is 10.2 Å². The van der Waals surface area contributed by atoms with Crippen molar-refractivity contribution >= 4 is 5.91 Å². The molecule has 0 spiro atoms. The van der Waals surface area contributed by atoms with Crippen molar-refractivity contribution in [2.75, 3.05) is 0 Å². The van der Waals surface area contributed by atoms with Crippen LogP contribution in [0, 0.1) is 5.92 Å². The van der Waals surface area contributed by atoms with E-state index in [1.807, 2.05) is 19.1 Å². The van der Waals surface area contributed by atoms with Crippen molar-refractivity contribution in [1.82, 2.24) is 10.2 Å². The fourth-order valence-electron chi connectivity index (χ4n) is 0.973. The van der Waals surface area contributed by atoms with Crippen LogP contribution in [0.5, 0.6) is 0 Å². The minimum absolute atomic E-state index is 0.0954. The van der Waals surface area contributed by atoms with Gasteiger partial charge in [0, 0.05) is 12.1 Å². The van der Waals surface area contributed by atoms with Crippen molar-refractivity contribution in [2.24, 2.45) is 11.7 Å². The molecule has 0 aromatic carbocycles. The van der Waals surface area contributed by atoms with E-state index in [4.69, 9.17) is 5.73 Å². The SMILES string of the molecule is CC(CCc1cccnn1)C(N)=O. The number of amides is 1. The van der Waals surface area contributed by atoms with Crippen LogP contribution in [0.1, 0.15) is 19.0 Å². The molecule has 1 unspecified atom stereocenters. The van der Waals surface area contributed by atoms with E-state index in [1.165, 1.54) is 0 Å². The van der Waals surface area contributed by atoms with Crippen molar-refractivity contribution in [3.8, 4) is 0 Å². The number of hydrogen-bond donors (Lipinski definition) is 1. The summed E-state index contributed by atoms with van der Waals surface area (Å²) >= 11 is 0. The molecule has 0 aliphatic rings. The highest BCUT2D eigenvalue weighted by atomic mass is 16.1. The Balaban J connectivity index is 2.39. The second-order valence-corrected chi connectivity index (χ2v) is 3.06. The molecule has 0 saturated heterocycles. The van der Waals surface area contributed by atoms with Crippen LogP contribution in [0.25, 0.3) is 0 Å². The Morgan fingerprint density at radius 1 is 1.69 bits per heavy atom. The second-order valence-electron chi connectivity index (χ2n) is 3.06. The quantitative estimate of drug-likeness (QED) is 0.733. The molecule has 0 aliphatic heterocycles. The third kappa shape index (κ3) is 3.19. The summed E-state index contributed by atoms with van der Waals surface area (Å²) in [7, 11) is 0. The number of aryl methyl sites for hydroxylation is 1. The lowest BCUT2D eigenvalue weighted by atomic mass is 10.0. The monoisotopic (exact) mass is 179 g/mol. The molecule has 1 rings (SSSR count). The van der Waals surface area contributed by atoms with Crippen molar-refractivity contribution < 1.29 is 4.79 Å². The topological polar surface area (TPSA) is 68.9 Å². The summed E-state index contributed by atoms with van der Waals surface area (Å²) in [6, 6.07) is 3.72. The zero-order chi connectivity index (χ0) is 9.68. The fraction of sp³-hybridized carbons (Fsp3) is 0.444. The van der Waals surface area contributed by atoms with Gasteiger partial charge in [0.25, 0.3) is 0 Å². The Morgan fingerprint density at radius 2 is 2.46 bits per heavy atom. The molecule has 13 heavy (non-hydrogen) atoms. The molecule has 0 fully saturated rings. The average molecular weight is 179 g/mol. The molecule has 0 bridgehead atoms. The van der Waals surface area contributed by atoms with Gasteiger partial charge in [0.15, 0.2) is 0 Å². The minimum Gasteiger partial charge on any atom is -0.369 e. The Hall–Kier alpha value is -1.45. The van der Waals surface area contributed by atoms with E-state index in [-0.39, 0.29) is 11.8 Å². The molecule has 1 aromatic rings. The summed E-state index contributed by atoms with van der Waals surface area (Å²) in [5, 5.41) is 7.65. The zero-order valence-electron chi connectivity index (χ0n) is 7.60. The molecule has 1 aromatic heterocycles. The average Bonchev–Trinajstić information content (AvgIpc) is 2.15. The van der Waals surface area contributed by atoms with Gasteiger partial charge >= 0.3 is 0 Å². The van der Waals surface area contributed by atoms with Gasteiger partial charge in [-0.3, -0.25) is 4.79 Å². The number of hydrogen-bond acceptors (Lipinski definition) is 3. The maximum absolute atomic E-state index is 10.7. The summed E-state index contributed by atoms with van der Waals surface area (Å²) in [5.41, 5.74) is 6.02. The lowest BCUT2D eigenvalue weighted by Gasteiger charge is -2.04. The first-order valence-corrected chi connectivity index (χ1v) is 4.26. The van der Waals surface area contributed by atoms with Gasteiger partial charge in [-0.05, 0) is 25.0 Å². The first-order chi connectivity index (χ1) is 6.20. The van der Waals surface area contributed by atoms with E-state index in [0.717, 1.165) is 18.5 Å². The van der Waals surface area contributed by atoms with Crippen LogP contribution in [0.15, 0.2) is 18.3 Å². The van der Waals surface area contributed by atoms with E-state index in [2.05, 4.69) is 10.2 Å². The summed E-state index contributed by atoms with van der Waals surface area (Å²) in [5.74, 6) is -0.356. The van der Waals surface area contributed by atoms with Crippen molar-refractivity contribution in [3.05, 3.63) is 24.0 Å². The Labute approximate surface area is 77.2 Å². The third-order valence-corrected chi connectivity index (χ3v) is 1.95. The molecular weight excluding hydrogens is 166 g/mol. The van der Waals surface area contributed by atoms with Gasteiger partial charge in [-0.15, -0.1) is 0 Å². The molecule has 2 N–H and O–H groups in total. The lowest BCUT2D eigenvalue weighted by molar-refractivity contribution is -0.121. The molecule has 1 amide bonds. The molecule has 0 saturated carbocycles. The molecule has 1 atom stereocenters. The van der Waals surface area contributed by atoms with Gasteiger partial charge < -0.3 is 5.73 Å². The number of nitrogens with two attached hydrogens (primary N) is 1. The Morgan fingerprint density at radius 3 is 3.00 bits per heavy atom. The van der Waals surface area contributed by atoms with Crippen molar-refractivity contribution in [2.45, 2.75) is 19.8 Å². The highest BCUT2D eigenvalue weighted by Crippen LogP contribution is 2.05. The minimum atomic E-state index is -0.260. The highest BCUT2D eigenvalue weighted by molar-refractivity contribution is 5.76. The number of carbonyl (C=O) groups excluding carboxylic acids is 1. The van der Waals surface area contributed by atoms with Crippen LogP contribution in [-0.2, 0) is 11.2 Å². The van der Waals surface area contributed by atoms with E-state index in [1.54, 1.807) is 6.20 Å². The first-order valence-electron chi connectivity index (χ1n) is 4.26. The molecule has 4 heteroatoms. The van der Waals surface area contributed by atoms with Crippen LogP contribution >= 0.6 is 0 Å². The van der Waals surface area contributed by atoms with Gasteiger partial charge in [-0.25, -0.2) is 0 Å². The van der Waals surface area contributed by atoms with Crippen molar-refractivity contribution in [1.29, 1.82) is 0 Å². The summed E-state index contributed by atoms with van der Waals surface area (Å²) in [6.07, 6.45) is 3.10. The second kappa shape index (κ2) is 4.54. The fourth-order valence-corrected chi connectivity index (χ4v) is 0.973. The van der Waals surface area contributed by atoms with Gasteiger partial charge in [0.2, 0.25) is 5.91 Å². The number of aromatic nitrogens is 2. The lowest BCUT2D eigenvalue weighted by Crippen LogP contribution is -2.21. The Kier molecular flexibility index (Phi) is 3.37. The largest absolute Gasteiger partial charge is 0.369 e. The van der Waals surface area contributed by atoms with Crippen LogP contribution in [0.3, 0.4) is 0 Å². The summed E-state index contributed by atoms with van der Waals surface area (Å²) < 4.78 is 0. The molecule has 1 heterocycles. The van der Waals surface area contributed by atoms with E-state index < -0.39 is 0 Å². The highest BCUT2D eigenvalue weighted by Gasteiger charge is 2.08. The molecular formula is C9H13N3O. The standard InChI is InChI=1S/C9H13N3O/c1-7(9(10)13)4-5-8-3-2-6-11-12-8/h2-3,6-7H,4-5H2,1H3,(H2,10,13). The van der Waals surface area contributed by atoms with Gasteiger partial charge in [-0.1, -0.05) is 6.92 Å². The van der Waals surface area contributed by atoms with E-state index in [9.17, 15) is 4.79 Å². The smallest absolute Gasteiger partial charge is 0.220 e. The molecule has 0 aliphatic carbocycles. The van der Waals surface area contributed by atoms with E-state index >= 15 is 0 Å². The predicted molar refractivity (Wildman–Crippen MR) is 48.7 cm³/mol. The molecule has 4 nitrogen and oxygen atoms in total. The van der Waals surface area contributed by atoms with Crippen LogP contribution in [0.2, 0.25) is 0 Å². The predicted octanol–water partition coefficient (Wildman–Crippen LogP) is 0.531. The van der Waals surface area contributed by atoms with Crippen LogP contribution in [-0.4, -0.2) is 16.1 Å². The Bertz CT molecular complexity index is 273. The normalized spacial score (nSPS) is 12.4. The molecule has 70 valence electrons. The third-order valence-electron chi connectivity index (χ3n) is 1.95. The maximum atomic E-state index is 10.7. The summed E-state index contributed by atoms with van der Waals surface area (Å²) in [6.45, 7) is 1.82. The number of nitrogens with zero attached hydrogens (tertiary/aromatic N) is 2. The zero-order valence-corrected chi connectivity index (χ0v) is 7.60. The van der Waals surface area contributed by atoms with Crippen LogP contribution < -0.4 is 5.73 Å². The summed E-state index contributed by atoms with van der Waals surface area (Å²) in [4.78, 5) is 10.7. The van der Waals surface area contributed by atoms with E-state index in [0.29, 0.717) is 0 Å². The first kappa shape index (κ1) is 9.64. The number of carbonyl (C=O) groups is 1.